The Morgan fingerprint density at radius 3 is 2.50 bits per heavy atom. The van der Waals surface area contributed by atoms with Crippen LogP contribution in [0.1, 0.15) is 36.7 Å². The number of ether oxygens (including phenoxy) is 1. The molecule has 0 bridgehead atoms. The normalized spacial score (nSPS) is 14.6. The summed E-state index contributed by atoms with van der Waals surface area (Å²) in [4.78, 5) is 6.88. The van der Waals surface area contributed by atoms with Crippen molar-refractivity contribution in [3.63, 3.8) is 0 Å². The Hall–Kier alpha value is -3.87. The number of aryl methyl sites for hydroxylation is 1. The van der Waals surface area contributed by atoms with E-state index in [-0.39, 0.29) is 11.9 Å². The number of piperidine rings is 1. The van der Waals surface area contributed by atoms with Crippen molar-refractivity contribution in [2.45, 2.75) is 39.3 Å². The molecule has 0 unspecified atom stereocenters. The number of fused-ring (bicyclic) bond motifs is 2. The highest BCUT2D eigenvalue weighted by Crippen LogP contribution is 2.28. The molecule has 4 N–H and O–H groups in total. The Balaban J connectivity index is 1.45. The molecule has 1 fully saturated rings. The molecule has 0 radical (unpaired) electrons. The van der Waals surface area contributed by atoms with Gasteiger partial charge in [0.2, 0.25) is 0 Å². The van der Waals surface area contributed by atoms with Gasteiger partial charge in [0.15, 0.2) is 0 Å². The van der Waals surface area contributed by atoms with Gasteiger partial charge in [0, 0.05) is 44.1 Å². The third-order valence-corrected chi connectivity index (χ3v) is 6.76. The maximum atomic E-state index is 7.92. The van der Waals surface area contributed by atoms with Crippen LogP contribution in [0.15, 0.2) is 54.6 Å². The molecule has 0 spiro atoms. The first-order valence-electron chi connectivity index (χ1n) is 11.7. The first kappa shape index (κ1) is 21.9. The molecule has 2 heterocycles. The van der Waals surface area contributed by atoms with Crippen LogP contribution in [-0.4, -0.2) is 45.3 Å². The molecule has 3 aromatic carbocycles. The Morgan fingerprint density at radius 2 is 1.79 bits per heavy atom. The summed E-state index contributed by atoms with van der Waals surface area (Å²) < 4.78 is 8.56. The van der Waals surface area contributed by atoms with E-state index < -0.39 is 0 Å². The third kappa shape index (κ3) is 4.09. The van der Waals surface area contributed by atoms with Gasteiger partial charge in [-0.1, -0.05) is 36.4 Å². The quantitative estimate of drug-likeness (QED) is 0.301. The highest BCUT2D eigenvalue weighted by Gasteiger charge is 2.21. The van der Waals surface area contributed by atoms with Crippen LogP contribution in [0.3, 0.4) is 0 Å². The van der Waals surface area contributed by atoms with Crippen molar-refractivity contribution in [2.75, 3.05) is 13.1 Å². The molecule has 1 aliphatic heterocycles. The lowest BCUT2D eigenvalue weighted by Crippen LogP contribution is -2.40. The monoisotopic (exact) mass is 454 g/mol. The highest BCUT2D eigenvalue weighted by molar-refractivity contribution is 6.08. The first-order valence-corrected chi connectivity index (χ1v) is 11.7. The third-order valence-electron chi connectivity index (χ3n) is 6.76. The number of benzene rings is 3. The molecule has 174 valence electrons. The number of nitrogens with zero attached hydrogens (tertiary/aromatic N) is 3. The number of hydrogen-bond donors (Lipinski definition) is 3. The first-order chi connectivity index (χ1) is 16.4. The Morgan fingerprint density at radius 1 is 1.06 bits per heavy atom. The number of rotatable bonds is 5. The number of imidazole rings is 1. The lowest BCUT2D eigenvalue weighted by atomic mass is 9.99. The predicted molar refractivity (Wildman–Crippen MR) is 137 cm³/mol. The molecule has 1 aliphatic rings. The fraction of sp³-hybridized carbons (Fsp3) is 0.296. The number of nitrogens with two attached hydrogens (primary N) is 1. The lowest BCUT2D eigenvalue weighted by molar-refractivity contribution is 0.130. The molecular weight excluding hydrogens is 424 g/mol. The zero-order valence-electron chi connectivity index (χ0n) is 19.6. The summed E-state index contributed by atoms with van der Waals surface area (Å²) >= 11 is 0. The molecule has 0 amide bonds. The fourth-order valence-corrected chi connectivity index (χ4v) is 4.90. The van der Waals surface area contributed by atoms with Crippen LogP contribution in [0.4, 0.5) is 0 Å². The van der Waals surface area contributed by atoms with Crippen LogP contribution in [-0.2, 0) is 6.54 Å². The van der Waals surface area contributed by atoms with Gasteiger partial charge >= 0.3 is 0 Å². The minimum atomic E-state index is 0.0791. The standard InChI is InChI=1S/C27H30N6O/c1-17(28)32-13-11-20(12-14-32)34-21-8-10-25-26(15-21)33(18(2)31-25)16-19-7-9-24(27(29)30)23-6-4-3-5-22(19)23/h3-10,15,20,28H,11-14,16H2,1-2H3,(H3,29,30). The largest absolute Gasteiger partial charge is 0.490 e. The van der Waals surface area contributed by atoms with Crippen LogP contribution in [0.25, 0.3) is 21.8 Å². The van der Waals surface area contributed by atoms with Crippen molar-refractivity contribution in [1.29, 1.82) is 10.8 Å². The number of hydrogen-bond acceptors (Lipinski definition) is 4. The molecule has 7 heteroatoms. The van der Waals surface area contributed by atoms with E-state index in [2.05, 4.69) is 27.7 Å². The van der Waals surface area contributed by atoms with Crippen molar-refractivity contribution in [1.82, 2.24) is 14.5 Å². The average Bonchev–Trinajstić information content (AvgIpc) is 3.13. The Labute approximate surface area is 199 Å². The summed E-state index contributed by atoms with van der Waals surface area (Å²) in [5.74, 6) is 2.51. The average molecular weight is 455 g/mol. The maximum Gasteiger partial charge on any atom is 0.123 e. The van der Waals surface area contributed by atoms with Crippen LogP contribution in [0.2, 0.25) is 0 Å². The lowest BCUT2D eigenvalue weighted by Gasteiger charge is -2.32. The van der Waals surface area contributed by atoms with Crippen molar-refractivity contribution in [3.05, 3.63) is 71.5 Å². The zero-order chi connectivity index (χ0) is 23.8. The van der Waals surface area contributed by atoms with E-state index in [0.717, 1.165) is 70.4 Å². The number of likely N-dealkylation sites (tertiary alicyclic amines) is 1. The van der Waals surface area contributed by atoms with Crippen molar-refractivity contribution < 1.29 is 4.74 Å². The van der Waals surface area contributed by atoms with E-state index in [4.69, 9.17) is 26.3 Å². The molecule has 0 atom stereocenters. The number of amidine groups is 2. The molecule has 4 aromatic rings. The van der Waals surface area contributed by atoms with E-state index in [1.165, 1.54) is 0 Å². The summed E-state index contributed by atoms with van der Waals surface area (Å²) in [6.07, 6.45) is 2.00. The van der Waals surface area contributed by atoms with Gasteiger partial charge in [-0.25, -0.2) is 4.98 Å². The van der Waals surface area contributed by atoms with Gasteiger partial charge in [0.1, 0.15) is 23.5 Å². The summed E-state index contributed by atoms with van der Waals surface area (Å²) in [7, 11) is 0. The van der Waals surface area contributed by atoms with Crippen LogP contribution in [0, 0.1) is 17.7 Å². The van der Waals surface area contributed by atoms with E-state index in [0.29, 0.717) is 12.4 Å². The van der Waals surface area contributed by atoms with Gasteiger partial charge < -0.3 is 19.9 Å². The van der Waals surface area contributed by atoms with Gasteiger partial charge in [0.25, 0.3) is 0 Å². The summed E-state index contributed by atoms with van der Waals surface area (Å²) in [6.45, 7) is 6.27. The minimum absolute atomic E-state index is 0.0791. The Bertz CT molecular complexity index is 1400. The van der Waals surface area contributed by atoms with E-state index in [1.807, 2.05) is 50.2 Å². The molecule has 1 aromatic heterocycles. The molecule has 34 heavy (non-hydrogen) atoms. The highest BCUT2D eigenvalue weighted by atomic mass is 16.5. The van der Waals surface area contributed by atoms with Gasteiger partial charge in [-0.05, 0) is 42.3 Å². The number of nitrogens with one attached hydrogen (secondary N) is 2. The van der Waals surface area contributed by atoms with Crippen LogP contribution in [0.5, 0.6) is 5.75 Å². The van der Waals surface area contributed by atoms with Crippen molar-refractivity contribution in [2.24, 2.45) is 5.73 Å². The summed E-state index contributed by atoms with van der Waals surface area (Å²) in [5, 5.41) is 17.8. The molecule has 0 saturated carbocycles. The SMILES string of the molecule is CC(=N)N1CCC(Oc2ccc3nc(C)n(Cc4ccc(C(=N)N)c5ccccc45)c3c2)CC1. The van der Waals surface area contributed by atoms with Crippen molar-refractivity contribution in [3.8, 4) is 5.75 Å². The molecular formula is C27H30N6O. The van der Waals surface area contributed by atoms with Crippen LogP contribution >= 0.6 is 0 Å². The number of aromatic nitrogens is 2. The second-order valence-electron chi connectivity index (χ2n) is 9.02. The van der Waals surface area contributed by atoms with Gasteiger partial charge in [-0.2, -0.15) is 0 Å². The number of nitrogen functional groups attached to an aromatic ring is 1. The molecule has 0 aliphatic carbocycles. The van der Waals surface area contributed by atoms with E-state index >= 15 is 0 Å². The summed E-state index contributed by atoms with van der Waals surface area (Å²) in [6, 6.07) is 18.2. The smallest absolute Gasteiger partial charge is 0.123 e. The van der Waals surface area contributed by atoms with Gasteiger partial charge in [0.05, 0.1) is 16.9 Å². The fourth-order valence-electron chi connectivity index (χ4n) is 4.90. The van der Waals surface area contributed by atoms with Crippen molar-refractivity contribution >= 4 is 33.5 Å². The second-order valence-corrected chi connectivity index (χ2v) is 9.02. The van der Waals surface area contributed by atoms with Crippen LogP contribution < -0.4 is 10.5 Å². The van der Waals surface area contributed by atoms with E-state index in [9.17, 15) is 0 Å². The zero-order valence-corrected chi connectivity index (χ0v) is 19.6. The molecule has 7 nitrogen and oxygen atoms in total. The molecule has 1 saturated heterocycles. The van der Waals surface area contributed by atoms with E-state index in [1.54, 1.807) is 0 Å². The predicted octanol–water partition coefficient (Wildman–Crippen LogP) is 4.67. The maximum absolute atomic E-state index is 7.92. The summed E-state index contributed by atoms with van der Waals surface area (Å²) in [5.41, 5.74) is 9.73. The van der Waals surface area contributed by atoms with Gasteiger partial charge in [-0.15, -0.1) is 0 Å². The molecule has 5 rings (SSSR count). The topological polar surface area (TPSA) is 104 Å². The van der Waals surface area contributed by atoms with Gasteiger partial charge in [-0.3, -0.25) is 10.8 Å². The Kier molecular flexibility index (Phi) is 5.69. The minimum Gasteiger partial charge on any atom is -0.490 e. The second kappa shape index (κ2) is 8.82.